The first-order chi connectivity index (χ1) is 13.2. The van der Waals surface area contributed by atoms with Crippen LogP contribution < -0.4 is 5.32 Å². The van der Waals surface area contributed by atoms with Gasteiger partial charge in [0.15, 0.2) is 5.13 Å². The number of piperidine rings is 1. The molecule has 0 aliphatic carbocycles. The zero-order valence-corrected chi connectivity index (χ0v) is 16.1. The highest BCUT2D eigenvalue weighted by atomic mass is 32.1. The van der Waals surface area contributed by atoms with Crippen LogP contribution in [0.5, 0.6) is 0 Å². The molecule has 6 heteroatoms. The summed E-state index contributed by atoms with van der Waals surface area (Å²) in [6, 6.07) is 11.4. The number of nitrogens with zero attached hydrogens (tertiary/aromatic N) is 3. The van der Waals surface area contributed by atoms with Gasteiger partial charge in [-0.1, -0.05) is 17.4 Å². The monoisotopic (exact) mass is 378 g/mol. The number of fused-ring (bicyclic) bond motifs is 3. The summed E-state index contributed by atoms with van der Waals surface area (Å²) < 4.78 is 1.09. The molecule has 0 saturated carbocycles. The van der Waals surface area contributed by atoms with Gasteiger partial charge in [0.25, 0.3) is 0 Å². The van der Waals surface area contributed by atoms with Gasteiger partial charge in [0, 0.05) is 30.4 Å². The maximum Gasteiger partial charge on any atom is 0.229 e. The summed E-state index contributed by atoms with van der Waals surface area (Å²) in [4.78, 5) is 23.9. The molecule has 1 aromatic carbocycles. The lowest BCUT2D eigenvalue weighted by molar-refractivity contribution is -0.122. The van der Waals surface area contributed by atoms with Crippen molar-refractivity contribution in [1.29, 1.82) is 0 Å². The molecule has 2 fully saturated rings. The molecule has 5 rings (SSSR count). The highest BCUT2D eigenvalue weighted by Gasteiger charge is 2.40. The first-order valence-corrected chi connectivity index (χ1v) is 10.3. The third-order valence-electron chi connectivity index (χ3n) is 6.10. The van der Waals surface area contributed by atoms with Crippen molar-refractivity contribution in [3.8, 4) is 11.1 Å². The number of amides is 1. The van der Waals surface area contributed by atoms with Crippen LogP contribution in [0, 0.1) is 5.92 Å². The second kappa shape index (κ2) is 6.69. The van der Waals surface area contributed by atoms with E-state index in [-0.39, 0.29) is 11.8 Å². The van der Waals surface area contributed by atoms with E-state index in [0.29, 0.717) is 17.2 Å². The van der Waals surface area contributed by atoms with Gasteiger partial charge in [-0.05, 0) is 68.1 Å². The molecule has 1 amide bonds. The third kappa shape index (κ3) is 3.13. The molecule has 4 heterocycles. The standard InChI is InChI=1S/C21H22N4OS/c1-25-16-3-4-17(25)11-15(10-16)20(26)24-21-23-18-5-2-14(12-19(18)27-21)13-6-8-22-9-7-13/h2,5-9,12,15-17H,3-4,10-11H2,1H3,(H,23,24,26)/t16-,17-/m1/s1. The van der Waals surface area contributed by atoms with Gasteiger partial charge in [0.05, 0.1) is 10.2 Å². The average molecular weight is 379 g/mol. The van der Waals surface area contributed by atoms with Gasteiger partial charge in [-0.15, -0.1) is 0 Å². The van der Waals surface area contributed by atoms with Crippen LogP contribution >= 0.6 is 11.3 Å². The van der Waals surface area contributed by atoms with Crippen LogP contribution in [-0.2, 0) is 4.79 Å². The van der Waals surface area contributed by atoms with E-state index in [1.165, 1.54) is 12.8 Å². The van der Waals surface area contributed by atoms with E-state index < -0.39 is 0 Å². The van der Waals surface area contributed by atoms with E-state index in [2.05, 4.69) is 39.4 Å². The molecule has 2 aromatic heterocycles. The molecule has 3 aromatic rings. The minimum atomic E-state index is 0.109. The zero-order chi connectivity index (χ0) is 18.4. The van der Waals surface area contributed by atoms with E-state index in [1.54, 1.807) is 23.7 Å². The summed E-state index contributed by atoms with van der Waals surface area (Å²) in [5.74, 6) is 0.242. The Morgan fingerprint density at radius 3 is 2.59 bits per heavy atom. The topological polar surface area (TPSA) is 58.1 Å². The minimum Gasteiger partial charge on any atom is -0.302 e. The molecule has 1 N–H and O–H groups in total. The Balaban J connectivity index is 1.34. The molecule has 138 valence electrons. The van der Waals surface area contributed by atoms with Crippen molar-refractivity contribution in [2.24, 2.45) is 5.92 Å². The summed E-state index contributed by atoms with van der Waals surface area (Å²) in [5, 5.41) is 3.79. The first-order valence-electron chi connectivity index (χ1n) is 9.51. The fraction of sp³-hybridized carbons (Fsp3) is 0.381. The van der Waals surface area contributed by atoms with Crippen LogP contribution in [0.1, 0.15) is 25.7 Å². The maximum absolute atomic E-state index is 12.8. The van der Waals surface area contributed by atoms with Crippen molar-refractivity contribution in [1.82, 2.24) is 14.9 Å². The second-order valence-corrected chi connectivity index (χ2v) is 8.68. The highest BCUT2D eigenvalue weighted by molar-refractivity contribution is 7.22. The summed E-state index contributed by atoms with van der Waals surface area (Å²) in [5.41, 5.74) is 3.20. The van der Waals surface area contributed by atoms with Gasteiger partial charge in [0.1, 0.15) is 0 Å². The number of carbonyl (C=O) groups excluding carboxylic acids is 1. The van der Waals surface area contributed by atoms with Crippen molar-refractivity contribution in [3.63, 3.8) is 0 Å². The third-order valence-corrected chi connectivity index (χ3v) is 7.03. The van der Waals surface area contributed by atoms with Crippen molar-refractivity contribution in [2.45, 2.75) is 37.8 Å². The molecular formula is C21H22N4OS. The lowest BCUT2D eigenvalue weighted by Crippen LogP contribution is -2.43. The molecule has 2 bridgehead atoms. The van der Waals surface area contributed by atoms with Crippen molar-refractivity contribution in [3.05, 3.63) is 42.7 Å². The normalized spacial score (nSPS) is 25.0. The predicted molar refractivity (Wildman–Crippen MR) is 109 cm³/mol. The summed E-state index contributed by atoms with van der Waals surface area (Å²) >= 11 is 1.55. The van der Waals surface area contributed by atoms with Crippen LogP contribution in [0.25, 0.3) is 21.3 Å². The number of carbonyl (C=O) groups is 1. The Morgan fingerprint density at radius 1 is 1.11 bits per heavy atom. The molecule has 0 spiro atoms. The Kier molecular flexibility index (Phi) is 4.17. The van der Waals surface area contributed by atoms with Gasteiger partial charge in [-0.3, -0.25) is 9.78 Å². The van der Waals surface area contributed by atoms with E-state index in [0.717, 1.165) is 34.2 Å². The van der Waals surface area contributed by atoms with Crippen molar-refractivity contribution < 1.29 is 4.79 Å². The fourth-order valence-corrected chi connectivity index (χ4v) is 5.44. The van der Waals surface area contributed by atoms with Crippen LogP contribution in [0.15, 0.2) is 42.7 Å². The Bertz CT molecular complexity index is 972. The quantitative estimate of drug-likeness (QED) is 0.743. The second-order valence-electron chi connectivity index (χ2n) is 7.65. The number of anilines is 1. The summed E-state index contributed by atoms with van der Waals surface area (Å²) in [6.45, 7) is 0. The fourth-order valence-electron chi connectivity index (χ4n) is 4.54. The van der Waals surface area contributed by atoms with E-state index in [1.807, 2.05) is 18.2 Å². The molecule has 2 atom stereocenters. The molecule has 27 heavy (non-hydrogen) atoms. The van der Waals surface area contributed by atoms with Gasteiger partial charge in [-0.25, -0.2) is 4.98 Å². The molecule has 2 saturated heterocycles. The number of thiazole rings is 1. The predicted octanol–water partition coefficient (Wildman–Crippen LogP) is 4.17. The SMILES string of the molecule is CN1[C@@H]2CC[C@@H]1CC(C(=O)Nc1nc3ccc(-c4ccncc4)cc3s1)C2. The van der Waals surface area contributed by atoms with Gasteiger partial charge < -0.3 is 10.2 Å². The van der Waals surface area contributed by atoms with Crippen LogP contribution in [0.2, 0.25) is 0 Å². The van der Waals surface area contributed by atoms with E-state index in [4.69, 9.17) is 0 Å². The molecular weight excluding hydrogens is 356 g/mol. The zero-order valence-electron chi connectivity index (χ0n) is 15.3. The molecule has 2 aliphatic heterocycles. The van der Waals surface area contributed by atoms with Crippen LogP contribution in [0.3, 0.4) is 0 Å². The molecule has 2 aliphatic rings. The average Bonchev–Trinajstić information content (AvgIpc) is 3.15. The van der Waals surface area contributed by atoms with Gasteiger partial charge >= 0.3 is 0 Å². The Hall–Kier alpha value is -2.31. The van der Waals surface area contributed by atoms with Crippen molar-refractivity contribution >= 4 is 32.6 Å². The largest absolute Gasteiger partial charge is 0.302 e. The Morgan fingerprint density at radius 2 is 1.85 bits per heavy atom. The maximum atomic E-state index is 12.8. The minimum absolute atomic E-state index is 0.109. The number of rotatable bonds is 3. The van der Waals surface area contributed by atoms with Gasteiger partial charge in [0.2, 0.25) is 5.91 Å². The number of pyridine rings is 1. The summed E-state index contributed by atoms with van der Waals surface area (Å²) in [6.07, 6.45) is 7.98. The molecule has 5 nitrogen and oxygen atoms in total. The lowest BCUT2D eigenvalue weighted by atomic mass is 9.90. The summed E-state index contributed by atoms with van der Waals surface area (Å²) in [7, 11) is 2.20. The number of hydrogen-bond donors (Lipinski definition) is 1. The number of nitrogens with one attached hydrogen (secondary N) is 1. The molecule has 0 unspecified atom stereocenters. The first kappa shape index (κ1) is 16.8. The van der Waals surface area contributed by atoms with Crippen molar-refractivity contribution in [2.75, 3.05) is 12.4 Å². The molecule has 0 radical (unpaired) electrons. The smallest absolute Gasteiger partial charge is 0.229 e. The van der Waals surface area contributed by atoms with Crippen LogP contribution in [0.4, 0.5) is 5.13 Å². The Labute approximate surface area is 162 Å². The van der Waals surface area contributed by atoms with Gasteiger partial charge in [-0.2, -0.15) is 0 Å². The van der Waals surface area contributed by atoms with E-state index in [9.17, 15) is 4.79 Å². The van der Waals surface area contributed by atoms with Crippen LogP contribution in [-0.4, -0.2) is 39.9 Å². The number of benzene rings is 1. The number of hydrogen-bond acceptors (Lipinski definition) is 5. The lowest BCUT2D eigenvalue weighted by Gasteiger charge is -2.35. The highest BCUT2D eigenvalue weighted by Crippen LogP contribution is 2.38. The van der Waals surface area contributed by atoms with E-state index >= 15 is 0 Å². The number of aromatic nitrogens is 2.